The zero-order valence-electron chi connectivity index (χ0n) is 11.2. The molecule has 0 saturated heterocycles. The molecule has 0 radical (unpaired) electrons. The standard InChI is InChI=1S/C12H22N4OS/c1-13-8-10-15-16-11(17-10)14-9-12(18-2)6-4-3-5-7-12/h13H,3-9H2,1-2H3,(H,14,16). The minimum Gasteiger partial charge on any atom is -0.407 e. The molecule has 5 nitrogen and oxygen atoms in total. The first-order valence-corrected chi connectivity index (χ1v) is 7.76. The number of rotatable bonds is 6. The van der Waals surface area contributed by atoms with E-state index in [1.54, 1.807) is 0 Å². The van der Waals surface area contributed by atoms with Gasteiger partial charge in [0.25, 0.3) is 0 Å². The largest absolute Gasteiger partial charge is 0.407 e. The van der Waals surface area contributed by atoms with E-state index >= 15 is 0 Å². The van der Waals surface area contributed by atoms with Crippen LogP contribution in [-0.2, 0) is 6.54 Å². The molecule has 1 heterocycles. The topological polar surface area (TPSA) is 63.0 Å². The van der Waals surface area contributed by atoms with Gasteiger partial charge in [-0.25, -0.2) is 0 Å². The second kappa shape index (κ2) is 6.43. The number of hydrogen-bond acceptors (Lipinski definition) is 6. The number of nitrogens with one attached hydrogen (secondary N) is 2. The van der Waals surface area contributed by atoms with Gasteiger partial charge in [0.2, 0.25) is 5.89 Å². The molecule has 1 saturated carbocycles. The lowest BCUT2D eigenvalue weighted by atomic mass is 9.88. The highest BCUT2D eigenvalue weighted by Crippen LogP contribution is 2.38. The summed E-state index contributed by atoms with van der Waals surface area (Å²) in [5.41, 5.74) is 0. The molecule has 0 spiro atoms. The van der Waals surface area contributed by atoms with Crippen LogP contribution >= 0.6 is 11.8 Å². The summed E-state index contributed by atoms with van der Waals surface area (Å²) in [4.78, 5) is 0. The molecule has 2 N–H and O–H groups in total. The summed E-state index contributed by atoms with van der Waals surface area (Å²) in [6, 6.07) is 0.541. The molecule has 6 heteroatoms. The molecular weight excluding hydrogens is 248 g/mol. The molecule has 1 aromatic heterocycles. The van der Waals surface area contributed by atoms with Gasteiger partial charge in [0.1, 0.15) is 0 Å². The van der Waals surface area contributed by atoms with Crippen molar-refractivity contribution in [3.8, 4) is 0 Å². The molecule has 0 amide bonds. The maximum absolute atomic E-state index is 5.50. The minimum absolute atomic E-state index is 0.343. The number of hydrogen-bond donors (Lipinski definition) is 2. The van der Waals surface area contributed by atoms with Gasteiger partial charge in [-0.1, -0.05) is 24.4 Å². The molecule has 18 heavy (non-hydrogen) atoms. The maximum Gasteiger partial charge on any atom is 0.315 e. The first-order chi connectivity index (χ1) is 8.78. The van der Waals surface area contributed by atoms with E-state index in [4.69, 9.17) is 4.42 Å². The average molecular weight is 270 g/mol. The van der Waals surface area contributed by atoms with Crippen molar-refractivity contribution in [2.45, 2.75) is 43.4 Å². The molecule has 1 aliphatic carbocycles. The Hall–Kier alpha value is -0.750. The van der Waals surface area contributed by atoms with Crippen LogP contribution in [0.5, 0.6) is 0 Å². The van der Waals surface area contributed by atoms with Crippen molar-refractivity contribution in [3.63, 3.8) is 0 Å². The third-order valence-electron chi connectivity index (χ3n) is 3.55. The zero-order chi connectivity index (χ0) is 12.8. The van der Waals surface area contributed by atoms with Crippen LogP contribution in [0.15, 0.2) is 4.42 Å². The van der Waals surface area contributed by atoms with Crippen molar-refractivity contribution < 1.29 is 4.42 Å². The molecule has 0 bridgehead atoms. The Morgan fingerprint density at radius 3 is 2.72 bits per heavy atom. The van der Waals surface area contributed by atoms with Crippen LogP contribution < -0.4 is 10.6 Å². The molecule has 0 aliphatic heterocycles. The second-order valence-electron chi connectivity index (χ2n) is 4.83. The van der Waals surface area contributed by atoms with Gasteiger partial charge in [-0.05, 0) is 26.1 Å². The van der Waals surface area contributed by atoms with Crippen LogP contribution in [0.3, 0.4) is 0 Å². The van der Waals surface area contributed by atoms with Gasteiger partial charge < -0.3 is 15.1 Å². The Labute approximate surface area is 112 Å². The molecule has 0 atom stereocenters. The summed E-state index contributed by atoms with van der Waals surface area (Å²) in [5, 5.41) is 14.3. The molecule has 102 valence electrons. The van der Waals surface area contributed by atoms with Crippen molar-refractivity contribution >= 4 is 17.8 Å². The fraction of sp³-hybridized carbons (Fsp3) is 0.833. The maximum atomic E-state index is 5.50. The molecule has 2 rings (SSSR count). The number of anilines is 1. The number of aromatic nitrogens is 2. The van der Waals surface area contributed by atoms with Crippen LogP contribution in [0.1, 0.15) is 38.0 Å². The van der Waals surface area contributed by atoms with E-state index < -0.39 is 0 Å². The predicted octanol–water partition coefficient (Wildman–Crippen LogP) is 2.27. The van der Waals surface area contributed by atoms with Crippen LogP contribution in [-0.4, -0.2) is 34.8 Å². The molecule has 0 unspecified atom stereocenters. The lowest BCUT2D eigenvalue weighted by Crippen LogP contribution is -2.35. The molecule has 1 fully saturated rings. The molecule has 1 aliphatic rings. The van der Waals surface area contributed by atoms with Gasteiger partial charge in [0.05, 0.1) is 6.54 Å². The van der Waals surface area contributed by atoms with Crippen LogP contribution in [0.25, 0.3) is 0 Å². The first-order valence-electron chi connectivity index (χ1n) is 6.54. The monoisotopic (exact) mass is 270 g/mol. The zero-order valence-corrected chi connectivity index (χ0v) is 12.0. The van der Waals surface area contributed by atoms with Crippen molar-refractivity contribution in [2.75, 3.05) is 25.2 Å². The van der Waals surface area contributed by atoms with E-state index in [0.717, 1.165) is 6.54 Å². The number of nitrogens with zero attached hydrogens (tertiary/aromatic N) is 2. The van der Waals surface area contributed by atoms with E-state index in [9.17, 15) is 0 Å². The summed E-state index contributed by atoms with van der Waals surface area (Å²) in [5.74, 6) is 0.627. The Morgan fingerprint density at radius 1 is 1.28 bits per heavy atom. The Kier molecular flexibility index (Phi) is 4.88. The van der Waals surface area contributed by atoms with Gasteiger partial charge in [0, 0.05) is 11.3 Å². The van der Waals surface area contributed by atoms with Gasteiger partial charge in [-0.3, -0.25) is 0 Å². The van der Waals surface area contributed by atoms with E-state index in [-0.39, 0.29) is 0 Å². The Balaban J connectivity index is 1.88. The van der Waals surface area contributed by atoms with Gasteiger partial charge in [-0.2, -0.15) is 11.8 Å². The van der Waals surface area contributed by atoms with Crippen molar-refractivity contribution in [1.29, 1.82) is 0 Å². The van der Waals surface area contributed by atoms with E-state index in [2.05, 4.69) is 27.1 Å². The average Bonchev–Trinajstić information content (AvgIpc) is 2.86. The first kappa shape index (κ1) is 13.7. The quantitative estimate of drug-likeness (QED) is 0.827. The second-order valence-corrected chi connectivity index (χ2v) is 6.11. The Bertz CT molecular complexity index is 363. The van der Waals surface area contributed by atoms with Crippen molar-refractivity contribution in [3.05, 3.63) is 5.89 Å². The smallest absolute Gasteiger partial charge is 0.315 e. The Morgan fingerprint density at radius 2 is 2.06 bits per heavy atom. The van der Waals surface area contributed by atoms with Crippen molar-refractivity contribution in [1.82, 2.24) is 15.5 Å². The SMILES string of the molecule is CNCc1nnc(NCC2(SC)CCCCC2)o1. The van der Waals surface area contributed by atoms with E-state index in [1.807, 2.05) is 18.8 Å². The van der Waals surface area contributed by atoms with E-state index in [0.29, 0.717) is 23.2 Å². The van der Waals surface area contributed by atoms with Crippen LogP contribution in [0.4, 0.5) is 6.01 Å². The number of thioether (sulfide) groups is 1. The fourth-order valence-electron chi connectivity index (χ4n) is 2.43. The summed E-state index contributed by atoms with van der Waals surface area (Å²) < 4.78 is 5.84. The van der Waals surface area contributed by atoms with Crippen LogP contribution in [0.2, 0.25) is 0 Å². The highest BCUT2D eigenvalue weighted by molar-refractivity contribution is 8.00. The van der Waals surface area contributed by atoms with Gasteiger partial charge in [0.15, 0.2) is 0 Å². The minimum atomic E-state index is 0.343. The highest BCUT2D eigenvalue weighted by Gasteiger charge is 2.31. The van der Waals surface area contributed by atoms with E-state index in [1.165, 1.54) is 32.1 Å². The van der Waals surface area contributed by atoms with Crippen molar-refractivity contribution in [2.24, 2.45) is 0 Å². The molecule has 0 aromatic carbocycles. The highest BCUT2D eigenvalue weighted by atomic mass is 32.2. The third kappa shape index (κ3) is 3.38. The van der Waals surface area contributed by atoms with Gasteiger partial charge in [-0.15, -0.1) is 5.10 Å². The third-order valence-corrected chi connectivity index (χ3v) is 4.97. The van der Waals surface area contributed by atoms with Crippen LogP contribution in [0, 0.1) is 0 Å². The predicted molar refractivity (Wildman–Crippen MR) is 74.9 cm³/mol. The van der Waals surface area contributed by atoms with Gasteiger partial charge >= 0.3 is 6.01 Å². The summed E-state index contributed by atoms with van der Waals surface area (Å²) >= 11 is 1.96. The lowest BCUT2D eigenvalue weighted by Gasteiger charge is -2.35. The fourth-order valence-corrected chi connectivity index (χ4v) is 3.35. The lowest BCUT2D eigenvalue weighted by molar-refractivity contribution is 0.406. The molecule has 1 aromatic rings. The summed E-state index contributed by atoms with van der Waals surface area (Å²) in [6.07, 6.45) is 8.79. The molecular formula is C12H22N4OS. The summed E-state index contributed by atoms with van der Waals surface area (Å²) in [6.45, 7) is 1.53. The normalized spacial score (nSPS) is 18.8. The summed E-state index contributed by atoms with van der Waals surface area (Å²) in [7, 11) is 1.86.